The molecule has 0 bridgehead atoms. The number of carbonyl (C=O) groups is 2. The van der Waals surface area contributed by atoms with Crippen LogP contribution in [-0.2, 0) is 17.6 Å². The first-order valence-electron chi connectivity index (χ1n) is 10.7. The van der Waals surface area contributed by atoms with Gasteiger partial charge in [-0.05, 0) is 72.7 Å². The van der Waals surface area contributed by atoms with Crippen LogP contribution in [0.15, 0.2) is 41.1 Å². The predicted octanol–water partition coefficient (Wildman–Crippen LogP) is 4.97. The van der Waals surface area contributed by atoms with Crippen molar-refractivity contribution in [3.05, 3.63) is 69.2 Å². The zero-order chi connectivity index (χ0) is 21.8. The van der Waals surface area contributed by atoms with Gasteiger partial charge in [0.05, 0.1) is 12.8 Å². The van der Waals surface area contributed by atoms with Crippen LogP contribution in [0.3, 0.4) is 0 Å². The van der Waals surface area contributed by atoms with E-state index in [-0.39, 0.29) is 11.7 Å². The van der Waals surface area contributed by atoms with E-state index in [0.29, 0.717) is 17.7 Å². The Balaban J connectivity index is 2.07. The fourth-order valence-corrected chi connectivity index (χ4v) is 4.21. The highest BCUT2D eigenvalue weighted by molar-refractivity contribution is 6.09. The second-order valence-electron chi connectivity index (χ2n) is 7.31. The zero-order valence-corrected chi connectivity index (χ0v) is 18.4. The van der Waals surface area contributed by atoms with Crippen molar-refractivity contribution in [1.29, 1.82) is 0 Å². The van der Waals surface area contributed by atoms with E-state index in [2.05, 4.69) is 31.1 Å². The Morgan fingerprint density at radius 2 is 1.57 bits per heavy atom. The highest BCUT2D eigenvalue weighted by atomic mass is 16.5. The number of allylic oxidation sites excluding steroid dienone is 1. The quantitative estimate of drug-likeness (QED) is 0.608. The summed E-state index contributed by atoms with van der Waals surface area (Å²) in [5, 5.41) is 3.01. The van der Waals surface area contributed by atoms with Gasteiger partial charge in [0, 0.05) is 22.5 Å². The summed E-state index contributed by atoms with van der Waals surface area (Å²) in [5.74, 6) is 0.663. The minimum absolute atomic E-state index is 0.0181. The highest BCUT2D eigenvalue weighted by Gasteiger charge is 2.26. The summed E-state index contributed by atoms with van der Waals surface area (Å²) >= 11 is 0. The number of rotatable bonds is 8. The summed E-state index contributed by atoms with van der Waals surface area (Å²) in [5.41, 5.74) is 7.02. The topological polar surface area (TPSA) is 71.2 Å². The van der Waals surface area contributed by atoms with Crippen LogP contribution in [-0.4, -0.2) is 23.8 Å². The normalized spacial score (nSPS) is 15.1. The number of amides is 1. The molecular formula is C25H30N2O3. The minimum Gasteiger partial charge on any atom is -0.497 e. The monoisotopic (exact) mass is 406 g/mol. The lowest BCUT2D eigenvalue weighted by molar-refractivity contribution is -0.116. The van der Waals surface area contributed by atoms with Crippen LogP contribution >= 0.6 is 0 Å². The Morgan fingerprint density at radius 1 is 0.933 bits per heavy atom. The van der Waals surface area contributed by atoms with Gasteiger partial charge in [-0.3, -0.25) is 9.59 Å². The van der Waals surface area contributed by atoms with Crippen molar-refractivity contribution in [2.24, 2.45) is 0 Å². The van der Waals surface area contributed by atoms with Crippen molar-refractivity contribution in [2.75, 3.05) is 7.11 Å². The summed E-state index contributed by atoms with van der Waals surface area (Å²) in [6.07, 6.45) is 5.03. The molecule has 5 nitrogen and oxygen atoms in total. The number of carbonyl (C=O) groups excluding carboxylic acids is 2. The van der Waals surface area contributed by atoms with E-state index >= 15 is 0 Å². The summed E-state index contributed by atoms with van der Waals surface area (Å²) in [6.45, 7) is 8.21. The average Bonchev–Trinajstić information content (AvgIpc) is 3.28. The number of benzene rings is 1. The molecule has 30 heavy (non-hydrogen) atoms. The van der Waals surface area contributed by atoms with Gasteiger partial charge in [0.2, 0.25) is 5.78 Å². The first kappa shape index (κ1) is 21.6. The molecular weight excluding hydrogens is 376 g/mol. The van der Waals surface area contributed by atoms with Crippen molar-refractivity contribution in [3.8, 4) is 5.75 Å². The first-order valence-corrected chi connectivity index (χ1v) is 10.7. The molecule has 0 saturated heterocycles. The molecule has 2 aromatic rings. The van der Waals surface area contributed by atoms with E-state index in [1.807, 2.05) is 13.0 Å². The second kappa shape index (κ2) is 9.16. The first-order chi connectivity index (χ1) is 14.5. The zero-order valence-electron chi connectivity index (χ0n) is 18.4. The summed E-state index contributed by atoms with van der Waals surface area (Å²) < 4.78 is 5.20. The van der Waals surface area contributed by atoms with Crippen molar-refractivity contribution in [1.82, 2.24) is 10.3 Å². The fraction of sp³-hybridized carbons (Fsp3) is 0.360. The number of hydrogen-bond acceptors (Lipinski definition) is 3. The molecule has 1 amide bonds. The maximum Gasteiger partial charge on any atom is 0.251 e. The fourth-order valence-electron chi connectivity index (χ4n) is 4.21. The Bertz CT molecular complexity index is 1020. The van der Waals surface area contributed by atoms with Gasteiger partial charge in [0.15, 0.2) is 0 Å². The molecule has 0 aliphatic carbocycles. The number of ether oxygens (including phenoxy) is 1. The second-order valence-corrected chi connectivity index (χ2v) is 7.31. The van der Waals surface area contributed by atoms with Crippen LogP contribution in [0.4, 0.5) is 0 Å². The molecule has 0 radical (unpaired) electrons. The lowest BCUT2D eigenvalue weighted by Gasteiger charge is -2.05. The SMILES string of the molecule is CCC1=C(CC)/C(=C\c2[nH]c(C(=O)c3ccc(OC)cc3)c(CC)c2CC)NC1=O. The maximum atomic E-state index is 13.2. The van der Waals surface area contributed by atoms with Gasteiger partial charge in [-0.2, -0.15) is 0 Å². The molecule has 3 rings (SSSR count). The van der Waals surface area contributed by atoms with Crippen molar-refractivity contribution in [3.63, 3.8) is 0 Å². The molecule has 0 unspecified atom stereocenters. The number of hydrogen-bond donors (Lipinski definition) is 2. The van der Waals surface area contributed by atoms with E-state index in [0.717, 1.165) is 58.7 Å². The number of aromatic amines is 1. The number of aromatic nitrogens is 1. The molecule has 2 heterocycles. The van der Waals surface area contributed by atoms with Gasteiger partial charge in [0.25, 0.3) is 5.91 Å². The molecule has 0 saturated carbocycles. The van der Waals surface area contributed by atoms with E-state index in [1.165, 1.54) is 0 Å². The lowest BCUT2D eigenvalue weighted by Crippen LogP contribution is -2.16. The minimum atomic E-state index is -0.0372. The molecule has 0 spiro atoms. The van der Waals surface area contributed by atoms with E-state index in [4.69, 9.17) is 4.74 Å². The Labute approximate surface area is 178 Å². The Morgan fingerprint density at radius 3 is 2.10 bits per heavy atom. The maximum absolute atomic E-state index is 13.2. The highest BCUT2D eigenvalue weighted by Crippen LogP contribution is 2.30. The van der Waals surface area contributed by atoms with Gasteiger partial charge >= 0.3 is 0 Å². The number of H-pyrrole nitrogens is 1. The van der Waals surface area contributed by atoms with Gasteiger partial charge < -0.3 is 15.0 Å². The molecule has 0 fully saturated rings. The Kier molecular flexibility index (Phi) is 6.60. The van der Waals surface area contributed by atoms with Gasteiger partial charge in [0.1, 0.15) is 5.75 Å². The summed E-state index contributed by atoms with van der Waals surface area (Å²) in [6, 6.07) is 7.16. The van der Waals surface area contributed by atoms with Gasteiger partial charge in [-0.25, -0.2) is 0 Å². The van der Waals surface area contributed by atoms with Crippen molar-refractivity contribution >= 4 is 17.8 Å². The third-order valence-corrected chi connectivity index (χ3v) is 5.74. The van der Waals surface area contributed by atoms with Crippen LogP contribution in [0, 0.1) is 0 Å². The largest absolute Gasteiger partial charge is 0.497 e. The van der Waals surface area contributed by atoms with Gasteiger partial charge in [-0.1, -0.05) is 27.7 Å². The number of methoxy groups -OCH3 is 1. The molecule has 2 N–H and O–H groups in total. The number of ketones is 1. The van der Waals surface area contributed by atoms with Crippen LogP contribution in [0.2, 0.25) is 0 Å². The summed E-state index contributed by atoms with van der Waals surface area (Å²) in [7, 11) is 1.61. The smallest absolute Gasteiger partial charge is 0.251 e. The van der Waals surface area contributed by atoms with Crippen molar-refractivity contribution in [2.45, 2.75) is 53.4 Å². The van der Waals surface area contributed by atoms with Crippen molar-refractivity contribution < 1.29 is 14.3 Å². The van der Waals surface area contributed by atoms with E-state index in [1.54, 1.807) is 31.4 Å². The lowest BCUT2D eigenvalue weighted by atomic mass is 9.98. The van der Waals surface area contributed by atoms with Crippen LogP contribution in [0.5, 0.6) is 5.75 Å². The van der Waals surface area contributed by atoms with Gasteiger partial charge in [-0.15, -0.1) is 0 Å². The van der Waals surface area contributed by atoms with Crippen LogP contribution in [0.1, 0.15) is 73.4 Å². The molecule has 0 atom stereocenters. The molecule has 1 aliphatic rings. The average molecular weight is 407 g/mol. The summed E-state index contributed by atoms with van der Waals surface area (Å²) in [4.78, 5) is 28.9. The molecule has 1 aromatic heterocycles. The molecule has 1 aliphatic heterocycles. The molecule has 1 aromatic carbocycles. The van der Waals surface area contributed by atoms with E-state index < -0.39 is 0 Å². The third kappa shape index (κ3) is 3.84. The third-order valence-electron chi connectivity index (χ3n) is 5.74. The predicted molar refractivity (Wildman–Crippen MR) is 120 cm³/mol. The number of nitrogens with one attached hydrogen (secondary N) is 2. The Hall–Kier alpha value is -3.08. The molecule has 158 valence electrons. The van der Waals surface area contributed by atoms with Crippen LogP contribution < -0.4 is 10.1 Å². The van der Waals surface area contributed by atoms with E-state index in [9.17, 15) is 9.59 Å². The standard InChI is InChI=1S/C25H30N2O3/c1-6-17-19(8-3)23(24(28)15-10-12-16(30-5)13-11-15)26-21(17)14-22-18(7-2)20(9-4)25(29)27-22/h10-14,26H,6-9H2,1-5H3,(H,27,29)/b22-14+. The molecule has 5 heteroatoms. The van der Waals surface area contributed by atoms with Crippen LogP contribution in [0.25, 0.3) is 6.08 Å².